The Morgan fingerprint density at radius 3 is 2.38 bits per heavy atom. The molecule has 2 N–H and O–H groups in total. The molecule has 16 heavy (non-hydrogen) atoms. The number of hydrogen-bond donors (Lipinski definition) is 1. The van der Waals surface area contributed by atoms with E-state index in [4.69, 9.17) is 5.14 Å². The Kier molecular flexibility index (Phi) is 3.81. The van der Waals surface area contributed by atoms with Crippen molar-refractivity contribution in [2.75, 3.05) is 0 Å². The molecule has 0 aliphatic heterocycles. The monoisotopic (exact) mass is 241 g/mol. The highest BCUT2D eigenvalue weighted by atomic mass is 32.2. The van der Waals surface area contributed by atoms with Crippen molar-refractivity contribution in [3.8, 4) is 0 Å². The summed E-state index contributed by atoms with van der Waals surface area (Å²) in [5.74, 6) is -0.845. The van der Waals surface area contributed by atoms with Gasteiger partial charge in [0.15, 0.2) is 0 Å². The molecule has 0 aliphatic rings. The molecular formula is C10H11NO4S. The molecule has 0 saturated carbocycles. The zero-order chi connectivity index (χ0) is 12.2. The van der Waals surface area contributed by atoms with Crippen molar-refractivity contribution in [1.82, 2.24) is 0 Å². The standard InChI is InChI=1S/C10H11NO4S/c1-2-9(12)15-10(16(11,13)14)8-6-4-3-5-7-8/h2-7,10H,1H2,(H2,11,13,14). The zero-order valence-electron chi connectivity index (χ0n) is 8.37. The van der Waals surface area contributed by atoms with Gasteiger partial charge >= 0.3 is 5.97 Å². The van der Waals surface area contributed by atoms with Crippen LogP contribution >= 0.6 is 0 Å². The maximum Gasteiger partial charge on any atom is 0.331 e. The fourth-order valence-corrected chi connectivity index (χ4v) is 1.85. The second-order valence-electron chi connectivity index (χ2n) is 2.97. The van der Waals surface area contributed by atoms with E-state index in [-0.39, 0.29) is 0 Å². The average molecular weight is 241 g/mol. The van der Waals surface area contributed by atoms with Gasteiger partial charge in [-0.05, 0) is 0 Å². The minimum absolute atomic E-state index is 0.292. The molecule has 0 saturated heterocycles. The number of benzene rings is 1. The van der Waals surface area contributed by atoms with Crippen LogP contribution in [0, 0.1) is 0 Å². The number of esters is 1. The summed E-state index contributed by atoms with van der Waals surface area (Å²) in [6.07, 6.45) is 0.876. The predicted octanol–water partition coefficient (Wildman–Crippen LogP) is 0.703. The lowest BCUT2D eigenvalue weighted by molar-refractivity contribution is -0.139. The maximum absolute atomic E-state index is 11.2. The minimum atomic E-state index is -4.01. The molecular weight excluding hydrogens is 230 g/mol. The first kappa shape index (κ1) is 12.4. The molecule has 86 valence electrons. The van der Waals surface area contributed by atoms with Crippen LogP contribution in [0.25, 0.3) is 0 Å². The van der Waals surface area contributed by atoms with Gasteiger partial charge in [-0.1, -0.05) is 36.9 Å². The summed E-state index contributed by atoms with van der Waals surface area (Å²) in [6.45, 7) is 3.18. The van der Waals surface area contributed by atoms with E-state index in [9.17, 15) is 13.2 Å². The Bertz CT molecular complexity index is 481. The van der Waals surface area contributed by atoms with E-state index in [2.05, 4.69) is 11.3 Å². The van der Waals surface area contributed by atoms with Crippen molar-refractivity contribution in [2.45, 2.75) is 5.44 Å². The van der Waals surface area contributed by atoms with Gasteiger partial charge in [0.1, 0.15) is 0 Å². The highest BCUT2D eigenvalue weighted by molar-refractivity contribution is 7.89. The number of rotatable bonds is 4. The maximum atomic E-state index is 11.2. The fraction of sp³-hybridized carbons (Fsp3) is 0.100. The summed E-state index contributed by atoms with van der Waals surface area (Å²) < 4.78 is 27.2. The zero-order valence-corrected chi connectivity index (χ0v) is 9.18. The number of nitrogens with two attached hydrogens (primary N) is 1. The van der Waals surface area contributed by atoms with Crippen LogP contribution in [0.5, 0.6) is 0 Å². The first-order valence-electron chi connectivity index (χ1n) is 4.34. The molecule has 0 amide bonds. The van der Waals surface area contributed by atoms with E-state index in [1.807, 2.05) is 0 Å². The second-order valence-corrected chi connectivity index (χ2v) is 4.58. The molecule has 6 heteroatoms. The number of primary sulfonamides is 1. The molecule has 1 aromatic rings. The first-order valence-corrected chi connectivity index (χ1v) is 5.95. The first-order chi connectivity index (χ1) is 7.45. The van der Waals surface area contributed by atoms with Crippen molar-refractivity contribution < 1.29 is 17.9 Å². The molecule has 0 aromatic heterocycles. The molecule has 0 aliphatic carbocycles. The number of sulfonamides is 1. The predicted molar refractivity (Wildman–Crippen MR) is 58.6 cm³/mol. The van der Waals surface area contributed by atoms with Crippen molar-refractivity contribution in [3.63, 3.8) is 0 Å². The third-order valence-electron chi connectivity index (χ3n) is 1.76. The molecule has 0 fully saturated rings. The van der Waals surface area contributed by atoms with E-state index in [0.29, 0.717) is 5.56 Å². The third kappa shape index (κ3) is 3.18. The molecule has 1 aromatic carbocycles. The van der Waals surface area contributed by atoms with Crippen LogP contribution in [-0.2, 0) is 19.6 Å². The smallest absolute Gasteiger partial charge is 0.331 e. The fourth-order valence-electron chi connectivity index (χ4n) is 1.09. The molecule has 0 spiro atoms. The minimum Gasteiger partial charge on any atom is -0.436 e. The van der Waals surface area contributed by atoms with E-state index in [1.165, 1.54) is 12.1 Å². The topological polar surface area (TPSA) is 86.5 Å². The summed E-state index contributed by atoms with van der Waals surface area (Å²) in [6, 6.07) is 7.96. The van der Waals surface area contributed by atoms with Gasteiger partial charge in [-0.25, -0.2) is 18.4 Å². The van der Waals surface area contributed by atoms with Gasteiger partial charge < -0.3 is 4.74 Å². The molecule has 0 bridgehead atoms. The van der Waals surface area contributed by atoms with Gasteiger partial charge in [-0.2, -0.15) is 0 Å². The largest absolute Gasteiger partial charge is 0.436 e. The Morgan fingerprint density at radius 2 is 1.94 bits per heavy atom. The quantitative estimate of drug-likeness (QED) is 0.621. The van der Waals surface area contributed by atoms with E-state index in [0.717, 1.165) is 6.08 Å². The molecule has 1 unspecified atom stereocenters. The van der Waals surface area contributed by atoms with Crippen LogP contribution in [0.15, 0.2) is 43.0 Å². The number of carbonyl (C=O) groups excluding carboxylic acids is 1. The molecule has 0 radical (unpaired) electrons. The highest BCUT2D eigenvalue weighted by Gasteiger charge is 2.26. The van der Waals surface area contributed by atoms with Gasteiger partial charge in [-0.15, -0.1) is 0 Å². The van der Waals surface area contributed by atoms with Gasteiger partial charge in [0.2, 0.25) is 5.44 Å². The van der Waals surface area contributed by atoms with Crippen LogP contribution in [-0.4, -0.2) is 14.4 Å². The number of ether oxygens (including phenoxy) is 1. The Labute approximate surface area is 93.6 Å². The Hall–Kier alpha value is -1.66. The highest BCUT2D eigenvalue weighted by Crippen LogP contribution is 2.21. The van der Waals surface area contributed by atoms with Crippen molar-refractivity contribution in [2.24, 2.45) is 5.14 Å². The van der Waals surface area contributed by atoms with Crippen LogP contribution < -0.4 is 5.14 Å². The van der Waals surface area contributed by atoms with Crippen molar-refractivity contribution in [3.05, 3.63) is 48.6 Å². The van der Waals surface area contributed by atoms with Crippen LogP contribution in [0.4, 0.5) is 0 Å². The lowest BCUT2D eigenvalue weighted by atomic mass is 10.2. The molecule has 5 nitrogen and oxygen atoms in total. The lowest BCUT2D eigenvalue weighted by Crippen LogP contribution is -2.25. The summed E-state index contributed by atoms with van der Waals surface area (Å²) in [4.78, 5) is 11.0. The average Bonchev–Trinajstić information content (AvgIpc) is 2.25. The van der Waals surface area contributed by atoms with E-state index < -0.39 is 21.4 Å². The third-order valence-corrected chi connectivity index (χ3v) is 2.73. The van der Waals surface area contributed by atoms with Crippen LogP contribution in [0.1, 0.15) is 11.0 Å². The van der Waals surface area contributed by atoms with Crippen molar-refractivity contribution >= 4 is 16.0 Å². The number of carbonyl (C=O) groups is 1. The molecule has 0 heterocycles. The van der Waals surface area contributed by atoms with E-state index >= 15 is 0 Å². The summed E-state index contributed by atoms with van der Waals surface area (Å²) in [7, 11) is -4.01. The second kappa shape index (κ2) is 4.91. The lowest BCUT2D eigenvalue weighted by Gasteiger charge is -2.14. The normalized spacial score (nSPS) is 12.8. The van der Waals surface area contributed by atoms with Gasteiger partial charge in [0, 0.05) is 11.6 Å². The Morgan fingerprint density at radius 1 is 1.38 bits per heavy atom. The van der Waals surface area contributed by atoms with Gasteiger partial charge in [-0.3, -0.25) is 0 Å². The molecule has 1 rings (SSSR count). The Balaban J connectivity index is 3.07. The van der Waals surface area contributed by atoms with Crippen molar-refractivity contribution in [1.29, 1.82) is 0 Å². The summed E-state index contributed by atoms with van der Waals surface area (Å²) in [5.41, 5.74) is -1.21. The van der Waals surface area contributed by atoms with Gasteiger partial charge in [0.05, 0.1) is 0 Å². The molecule has 1 atom stereocenters. The summed E-state index contributed by atoms with van der Waals surface area (Å²) >= 11 is 0. The SMILES string of the molecule is C=CC(=O)OC(c1ccccc1)S(N)(=O)=O. The number of hydrogen-bond acceptors (Lipinski definition) is 4. The van der Waals surface area contributed by atoms with Gasteiger partial charge in [0.25, 0.3) is 10.0 Å². The van der Waals surface area contributed by atoms with Crippen LogP contribution in [0.3, 0.4) is 0 Å². The van der Waals surface area contributed by atoms with Crippen LogP contribution in [0.2, 0.25) is 0 Å². The van der Waals surface area contributed by atoms with E-state index in [1.54, 1.807) is 18.2 Å². The summed E-state index contributed by atoms with van der Waals surface area (Å²) in [5, 5.41) is 4.98.